The van der Waals surface area contributed by atoms with E-state index in [-0.39, 0.29) is 23.7 Å². The minimum absolute atomic E-state index is 0. The van der Waals surface area contributed by atoms with Gasteiger partial charge >= 0.3 is 0 Å². The molecule has 0 aliphatic rings. The maximum Gasteiger partial charge on any atom is 0.148 e. The lowest BCUT2D eigenvalue weighted by atomic mass is 10.1. The first kappa shape index (κ1) is 29.9. The second-order valence-electron chi connectivity index (χ2n) is 9.22. The summed E-state index contributed by atoms with van der Waals surface area (Å²) in [5, 5.41) is 7.56. The lowest BCUT2D eigenvalue weighted by molar-refractivity contribution is 0.306. The number of nitrogens with zero attached hydrogens (tertiary/aromatic N) is 2. The molecule has 0 aliphatic carbocycles. The number of rotatable bonds is 11. The van der Waals surface area contributed by atoms with Crippen LogP contribution in [0.4, 0.5) is 15.9 Å². The van der Waals surface area contributed by atoms with Crippen LogP contribution < -0.4 is 15.4 Å². The van der Waals surface area contributed by atoms with Crippen LogP contribution in [0.1, 0.15) is 11.3 Å². The molecule has 5 rings (SSSR count). The summed E-state index contributed by atoms with van der Waals surface area (Å²) in [7, 11) is -3.02. The van der Waals surface area contributed by atoms with E-state index in [0.29, 0.717) is 52.5 Å². The SMILES string of the molecule is CS(=O)(=O)CCNCc1ccc(-c2ccc3ncnc(Nc4ccc(OCc5cccc(F)c5)c(Cl)c4)c3c2)o1.O. The van der Waals surface area contributed by atoms with Gasteiger partial charge < -0.3 is 25.3 Å². The predicted octanol–water partition coefficient (Wildman–Crippen LogP) is 5.31. The molecule has 0 spiro atoms. The average molecular weight is 599 g/mol. The topological polar surface area (TPSA) is 138 Å². The van der Waals surface area contributed by atoms with E-state index < -0.39 is 9.84 Å². The van der Waals surface area contributed by atoms with Gasteiger partial charge in [0.15, 0.2) is 0 Å². The predicted molar refractivity (Wildman–Crippen MR) is 158 cm³/mol. The fourth-order valence-corrected chi connectivity index (χ4v) is 4.78. The van der Waals surface area contributed by atoms with Crippen LogP contribution >= 0.6 is 11.6 Å². The van der Waals surface area contributed by atoms with Crippen molar-refractivity contribution >= 4 is 43.8 Å². The normalized spacial score (nSPS) is 11.3. The molecule has 0 amide bonds. The molecule has 12 heteroatoms. The van der Waals surface area contributed by atoms with Crippen LogP contribution in [-0.4, -0.2) is 42.4 Å². The number of furan rings is 1. The van der Waals surface area contributed by atoms with Gasteiger partial charge in [-0.1, -0.05) is 23.7 Å². The number of hydrogen-bond acceptors (Lipinski definition) is 8. The van der Waals surface area contributed by atoms with Crippen molar-refractivity contribution in [1.82, 2.24) is 15.3 Å². The number of ether oxygens (including phenoxy) is 1. The highest BCUT2D eigenvalue weighted by Gasteiger charge is 2.11. The van der Waals surface area contributed by atoms with E-state index in [0.717, 1.165) is 16.5 Å². The summed E-state index contributed by atoms with van der Waals surface area (Å²) in [4.78, 5) is 8.80. The molecular weight excluding hydrogens is 571 g/mol. The van der Waals surface area contributed by atoms with Gasteiger partial charge in [0.25, 0.3) is 0 Å². The second kappa shape index (κ2) is 13.1. The highest BCUT2D eigenvalue weighted by atomic mass is 35.5. The van der Waals surface area contributed by atoms with Crippen LogP contribution in [0.15, 0.2) is 83.5 Å². The molecule has 9 nitrogen and oxygen atoms in total. The Hall–Kier alpha value is -4.03. The van der Waals surface area contributed by atoms with Crippen LogP contribution in [-0.2, 0) is 23.0 Å². The van der Waals surface area contributed by atoms with E-state index in [1.165, 1.54) is 24.7 Å². The minimum atomic E-state index is -3.02. The van der Waals surface area contributed by atoms with Crippen molar-refractivity contribution in [1.29, 1.82) is 0 Å². The number of aromatic nitrogens is 2. The monoisotopic (exact) mass is 598 g/mol. The van der Waals surface area contributed by atoms with Gasteiger partial charge in [-0.15, -0.1) is 0 Å². The van der Waals surface area contributed by atoms with Crippen molar-refractivity contribution in [2.75, 3.05) is 23.9 Å². The summed E-state index contributed by atoms with van der Waals surface area (Å²) in [6, 6.07) is 21.0. The summed E-state index contributed by atoms with van der Waals surface area (Å²) in [6.07, 6.45) is 2.69. The Morgan fingerprint density at radius 3 is 2.66 bits per heavy atom. The standard InChI is InChI=1S/C29H26ClFN4O4S.H2O/c1-40(36,37)12-11-32-16-23-7-10-27(39-23)20-5-8-26-24(14-20)29(34-18-33-26)35-22-6-9-28(25(30)15-22)38-17-19-3-2-4-21(31)13-19;/h2-10,13-15,18,32H,11-12,16-17H2,1H3,(H,33,34,35);1H2. The summed E-state index contributed by atoms with van der Waals surface area (Å²) < 4.78 is 47.8. The molecule has 0 bridgehead atoms. The van der Waals surface area contributed by atoms with Gasteiger partial charge in [0.05, 0.1) is 22.8 Å². The molecule has 41 heavy (non-hydrogen) atoms. The largest absolute Gasteiger partial charge is 0.487 e. The Kier molecular flexibility index (Phi) is 9.56. The van der Waals surface area contributed by atoms with Gasteiger partial charge in [-0.2, -0.15) is 0 Å². The Morgan fingerprint density at radius 1 is 1.02 bits per heavy atom. The van der Waals surface area contributed by atoms with Crippen LogP contribution in [0.3, 0.4) is 0 Å². The fraction of sp³-hybridized carbons (Fsp3) is 0.172. The summed E-state index contributed by atoms with van der Waals surface area (Å²) in [5.41, 5.74) is 2.99. The summed E-state index contributed by atoms with van der Waals surface area (Å²) in [5.74, 6) is 2.17. The van der Waals surface area contributed by atoms with Gasteiger partial charge in [-0.05, 0) is 66.2 Å². The molecule has 0 radical (unpaired) electrons. The molecule has 0 atom stereocenters. The van der Waals surface area contributed by atoms with Crippen molar-refractivity contribution < 1.29 is 27.4 Å². The van der Waals surface area contributed by atoms with Crippen molar-refractivity contribution in [3.63, 3.8) is 0 Å². The van der Waals surface area contributed by atoms with E-state index in [1.54, 1.807) is 24.3 Å². The van der Waals surface area contributed by atoms with E-state index in [2.05, 4.69) is 20.6 Å². The van der Waals surface area contributed by atoms with Crippen LogP contribution in [0.5, 0.6) is 5.75 Å². The van der Waals surface area contributed by atoms with Gasteiger partial charge in [0.1, 0.15) is 51.7 Å². The van der Waals surface area contributed by atoms with E-state index in [1.807, 2.05) is 36.4 Å². The van der Waals surface area contributed by atoms with Gasteiger partial charge in [0, 0.05) is 29.4 Å². The Balaban J connectivity index is 0.00000387. The fourth-order valence-electron chi connectivity index (χ4n) is 4.03. The zero-order valence-electron chi connectivity index (χ0n) is 22.0. The Bertz CT molecular complexity index is 1760. The maximum absolute atomic E-state index is 13.4. The highest BCUT2D eigenvalue weighted by molar-refractivity contribution is 7.90. The Morgan fingerprint density at radius 2 is 1.88 bits per heavy atom. The molecule has 0 saturated carbocycles. The molecular formula is C29H28ClFN4O5S. The third-order valence-corrected chi connectivity index (χ3v) is 7.25. The number of fused-ring (bicyclic) bond motifs is 1. The quantitative estimate of drug-likeness (QED) is 0.195. The molecule has 5 aromatic rings. The maximum atomic E-state index is 13.4. The first-order valence-corrected chi connectivity index (χ1v) is 14.8. The van der Waals surface area contributed by atoms with Crippen molar-refractivity contribution in [3.05, 3.63) is 101 Å². The molecule has 0 saturated heterocycles. The molecule has 0 fully saturated rings. The van der Waals surface area contributed by atoms with Gasteiger partial charge in [0.2, 0.25) is 0 Å². The number of nitrogens with one attached hydrogen (secondary N) is 2. The van der Waals surface area contributed by atoms with Gasteiger partial charge in [-0.3, -0.25) is 0 Å². The minimum Gasteiger partial charge on any atom is -0.487 e. The molecule has 2 aromatic heterocycles. The number of anilines is 2. The molecule has 4 N–H and O–H groups in total. The van der Waals surface area contributed by atoms with Crippen LogP contribution in [0.25, 0.3) is 22.2 Å². The number of halogens is 2. The van der Waals surface area contributed by atoms with Crippen LogP contribution in [0, 0.1) is 5.82 Å². The zero-order valence-corrected chi connectivity index (χ0v) is 23.6. The first-order valence-electron chi connectivity index (χ1n) is 12.4. The zero-order chi connectivity index (χ0) is 28.1. The number of sulfone groups is 1. The van der Waals surface area contributed by atoms with E-state index >= 15 is 0 Å². The molecule has 3 aromatic carbocycles. The molecule has 2 heterocycles. The second-order valence-corrected chi connectivity index (χ2v) is 11.9. The van der Waals surface area contributed by atoms with Crippen LogP contribution in [0.2, 0.25) is 5.02 Å². The molecule has 214 valence electrons. The molecule has 0 unspecified atom stereocenters. The van der Waals surface area contributed by atoms with Crippen molar-refractivity contribution in [3.8, 4) is 17.1 Å². The summed E-state index contributed by atoms with van der Waals surface area (Å²) >= 11 is 6.47. The third-order valence-electron chi connectivity index (χ3n) is 6.01. The first-order chi connectivity index (χ1) is 19.2. The third kappa shape index (κ3) is 8.01. The lowest BCUT2D eigenvalue weighted by Gasteiger charge is -2.12. The number of benzene rings is 3. The van der Waals surface area contributed by atoms with Crippen molar-refractivity contribution in [2.45, 2.75) is 13.2 Å². The molecule has 0 aliphatic heterocycles. The van der Waals surface area contributed by atoms with Gasteiger partial charge in [-0.25, -0.2) is 22.8 Å². The smallest absolute Gasteiger partial charge is 0.148 e. The summed E-state index contributed by atoms with van der Waals surface area (Å²) in [6.45, 7) is 0.956. The Labute approximate surface area is 241 Å². The average Bonchev–Trinajstić information content (AvgIpc) is 3.39. The van der Waals surface area contributed by atoms with E-state index in [9.17, 15) is 12.8 Å². The lowest BCUT2D eigenvalue weighted by Crippen LogP contribution is -2.21. The highest BCUT2D eigenvalue weighted by Crippen LogP contribution is 2.32. The van der Waals surface area contributed by atoms with E-state index in [4.69, 9.17) is 20.8 Å². The number of hydrogen-bond donors (Lipinski definition) is 2. The van der Waals surface area contributed by atoms with Crippen molar-refractivity contribution in [2.24, 2.45) is 0 Å².